The maximum absolute atomic E-state index is 12.8. The topological polar surface area (TPSA) is 59.7 Å². The van der Waals surface area contributed by atoms with Crippen LogP contribution in [0.1, 0.15) is 24.6 Å². The second-order valence-corrected chi connectivity index (χ2v) is 8.01. The summed E-state index contributed by atoms with van der Waals surface area (Å²) in [5.41, 5.74) is -0.198. The van der Waals surface area contributed by atoms with Gasteiger partial charge in [-0.3, -0.25) is 4.68 Å². The molecule has 1 atom stereocenters. The molecule has 11 heteroatoms. The van der Waals surface area contributed by atoms with Crippen LogP contribution in [-0.2, 0) is 6.18 Å². The van der Waals surface area contributed by atoms with Crippen LogP contribution in [0.5, 0.6) is 0 Å². The molecule has 1 aliphatic rings. The fourth-order valence-electron chi connectivity index (χ4n) is 3.09. The number of rotatable bonds is 3. The van der Waals surface area contributed by atoms with Gasteiger partial charge >= 0.3 is 6.18 Å². The van der Waals surface area contributed by atoms with Crippen molar-refractivity contribution in [3.05, 3.63) is 24.3 Å². The molecule has 1 saturated heterocycles. The van der Waals surface area contributed by atoms with Crippen LogP contribution in [0.25, 0.3) is 10.3 Å². The Kier molecular flexibility index (Phi) is 4.51. The van der Waals surface area contributed by atoms with E-state index in [0.29, 0.717) is 12.2 Å². The van der Waals surface area contributed by atoms with Gasteiger partial charge in [0.05, 0.1) is 6.04 Å². The van der Waals surface area contributed by atoms with Crippen molar-refractivity contribution in [1.29, 1.82) is 0 Å². The smallest absolute Gasteiger partial charge is 0.353 e. The van der Waals surface area contributed by atoms with Crippen LogP contribution in [0.2, 0.25) is 0 Å². The molecule has 0 N–H and O–H groups in total. The van der Waals surface area contributed by atoms with Gasteiger partial charge in [0.1, 0.15) is 11.0 Å². The van der Waals surface area contributed by atoms with Crippen molar-refractivity contribution in [2.75, 3.05) is 24.2 Å². The monoisotopic (exact) mass is 400 g/mol. The highest BCUT2D eigenvalue weighted by Crippen LogP contribution is 2.35. The minimum atomic E-state index is -4.42. The molecule has 0 amide bonds. The maximum atomic E-state index is 12.8. The first-order valence-corrected chi connectivity index (χ1v) is 10.0. The summed E-state index contributed by atoms with van der Waals surface area (Å²) in [6.45, 7) is 1.35. The van der Waals surface area contributed by atoms with E-state index in [2.05, 4.69) is 25.0 Å². The third-order valence-corrected chi connectivity index (χ3v) is 6.32. The molecule has 3 aromatic rings. The van der Waals surface area contributed by atoms with E-state index < -0.39 is 11.9 Å². The molecule has 0 bridgehead atoms. The normalized spacial score (nSPS) is 18.6. The Bertz CT molecular complexity index is 922. The highest BCUT2D eigenvalue weighted by Gasteiger charge is 2.34. The Morgan fingerprint density at radius 1 is 1.31 bits per heavy atom. The average Bonchev–Trinajstić information content (AvgIpc) is 3.28. The van der Waals surface area contributed by atoms with Gasteiger partial charge in [-0.05, 0) is 25.2 Å². The Balaban J connectivity index is 1.61. The second-order valence-electron chi connectivity index (χ2n) is 5.95. The van der Waals surface area contributed by atoms with Crippen molar-refractivity contribution in [1.82, 2.24) is 24.7 Å². The summed E-state index contributed by atoms with van der Waals surface area (Å²) in [6, 6.07) is 0.897. The number of hydrogen-bond acceptors (Lipinski definition) is 7. The van der Waals surface area contributed by atoms with Gasteiger partial charge in [0, 0.05) is 19.3 Å². The summed E-state index contributed by atoms with van der Waals surface area (Å²) in [5.74, 6) is 0.792. The molecule has 1 aliphatic heterocycles. The van der Waals surface area contributed by atoms with Crippen LogP contribution in [0.4, 0.5) is 19.0 Å². The zero-order chi connectivity index (χ0) is 18.3. The number of halogens is 3. The molecule has 0 aromatic carbocycles. The summed E-state index contributed by atoms with van der Waals surface area (Å²) < 4.78 is 41.7. The number of thiazole rings is 1. The Morgan fingerprint density at radius 3 is 2.88 bits per heavy atom. The molecule has 1 fully saturated rings. The van der Waals surface area contributed by atoms with Crippen molar-refractivity contribution in [2.45, 2.75) is 29.4 Å². The van der Waals surface area contributed by atoms with Gasteiger partial charge < -0.3 is 4.90 Å². The van der Waals surface area contributed by atoms with Crippen molar-refractivity contribution < 1.29 is 13.2 Å². The lowest BCUT2D eigenvalue weighted by atomic mass is 10.1. The van der Waals surface area contributed by atoms with E-state index in [1.165, 1.54) is 28.5 Å². The number of fused-ring (bicyclic) bond motifs is 1. The van der Waals surface area contributed by atoms with E-state index in [-0.39, 0.29) is 6.04 Å². The fraction of sp³-hybridized carbons (Fsp3) is 0.467. The number of piperidine rings is 1. The number of hydrogen-bond donors (Lipinski definition) is 0. The first kappa shape index (κ1) is 17.5. The lowest BCUT2D eigenvalue weighted by molar-refractivity contribution is -0.141. The molecule has 0 spiro atoms. The highest BCUT2D eigenvalue weighted by molar-refractivity contribution is 8.00. The van der Waals surface area contributed by atoms with Crippen LogP contribution >= 0.6 is 23.1 Å². The Hall–Kier alpha value is -1.88. The van der Waals surface area contributed by atoms with Gasteiger partial charge in [-0.2, -0.15) is 18.3 Å². The number of thioether (sulfide) groups is 1. The maximum Gasteiger partial charge on any atom is 0.435 e. The van der Waals surface area contributed by atoms with Gasteiger partial charge in [0.15, 0.2) is 21.5 Å². The SMILES string of the molecule is CSc1nc2ncnc(N3CCCC(n4ccc(C(F)(F)F)n4)C3)c2s1. The summed E-state index contributed by atoms with van der Waals surface area (Å²) >= 11 is 3.09. The standard InChI is InChI=1S/C15H15F3N6S2/c1-25-14-21-12-11(26-14)13(20-8-19-12)23-5-2-3-9(7-23)24-6-4-10(22-24)15(16,17)18/h4,6,8-9H,2-3,5,7H2,1H3. The minimum absolute atomic E-state index is 0.127. The molecule has 0 saturated carbocycles. The molecule has 26 heavy (non-hydrogen) atoms. The highest BCUT2D eigenvalue weighted by atomic mass is 32.2. The third-order valence-electron chi connectivity index (χ3n) is 4.30. The Labute approximate surface area is 155 Å². The molecular weight excluding hydrogens is 385 g/mol. The Morgan fingerprint density at radius 2 is 2.15 bits per heavy atom. The number of anilines is 1. The van der Waals surface area contributed by atoms with Crippen molar-refractivity contribution in [3.8, 4) is 0 Å². The quantitative estimate of drug-likeness (QED) is 0.622. The van der Waals surface area contributed by atoms with Crippen molar-refractivity contribution in [2.24, 2.45) is 0 Å². The lowest BCUT2D eigenvalue weighted by Gasteiger charge is -2.33. The molecule has 0 radical (unpaired) electrons. The molecule has 3 aromatic heterocycles. The van der Waals surface area contributed by atoms with E-state index in [1.54, 1.807) is 11.8 Å². The summed E-state index contributed by atoms with van der Waals surface area (Å²) in [6.07, 6.45) is 2.06. The predicted molar refractivity (Wildman–Crippen MR) is 94.7 cm³/mol. The average molecular weight is 400 g/mol. The molecule has 138 valence electrons. The van der Waals surface area contributed by atoms with Gasteiger partial charge in [-0.25, -0.2) is 15.0 Å². The first-order chi connectivity index (χ1) is 12.5. The zero-order valence-electron chi connectivity index (χ0n) is 13.8. The number of alkyl halides is 3. The van der Waals surface area contributed by atoms with Crippen molar-refractivity contribution in [3.63, 3.8) is 0 Å². The predicted octanol–water partition coefficient (Wildman–Crippen LogP) is 3.87. The van der Waals surface area contributed by atoms with Gasteiger partial charge in [0.2, 0.25) is 0 Å². The number of aromatic nitrogens is 5. The van der Waals surface area contributed by atoms with Gasteiger partial charge in [0.25, 0.3) is 0 Å². The van der Waals surface area contributed by atoms with Crippen molar-refractivity contribution >= 4 is 39.3 Å². The summed E-state index contributed by atoms with van der Waals surface area (Å²) in [7, 11) is 0. The molecular formula is C15H15F3N6S2. The van der Waals surface area contributed by atoms with E-state index in [1.807, 2.05) is 6.26 Å². The van der Waals surface area contributed by atoms with Gasteiger partial charge in [-0.15, -0.1) is 11.3 Å². The number of nitrogens with zero attached hydrogens (tertiary/aromatic N) is 6. The molecule has 6 nitrogen and oxygen atoms in total. The molecule has 4 rings (SSSR count). The van der Waals surface area contributed by atoms with E-state index in [0.717, 1.165) is 40.3 Å². The lowest BCUT2D eigenvalue weighted by Crippen LogP contribution is -2.37. The van der Waals surface area contributed by atoms with Crippen LogP contribution in [0.15, 0.2) is 22.9 Å². The first-order valence-electron chi connectivity index (χ1n) is 7.98. The van der Waals surface area contributed by atoms with E-state index in [4.69, 9.17) is 0 Å². The molecule has 4 heterocycles. The van der Waals surface area contributed by atoms with E-state index >= 15 is 0 Å². The zero-order valence-corrected chi connectivity index (χ0v) is 15.4. The fourth-order valence-corrected chi connectivity index (χ4v) is 4.62. The second kappa shape index (κ2) is 6.69. The third kappa shape index (κ3) is 3.25. The molecule has 0 aliphatic carbocycles. The van der Waals surface area contributed by atoms with Gasteiger partial charge in [-0.1, -0.05) is 11.8 Å². The summed E-state index contributed by atoms with van der Waals surface area (Å²) in [5, 5.41) is 3.73. The van der Waals surface area contributed by atoms with Crippen LogP contribution < -0.4 is 4.90 Å². The minimum Gasteiger partial charge on any atom is -0.353 e. The van der Waals surface area contributed by atoms with Crippen LogP contribution in [-0.4, -0.2) is 44.1 Å². The summed E-state index contributed by atoms with van der Waals surface area (Å²) in [4.78, 5) is 15.2. The largest absolute Gasteiger partial charge is 0.435 e. The van der Waals surface area contributed by atoms with Crippen LogP contribution in [0, 0.1) is 0 Å². The van der Waals surface area contributed by atoms with E-state index in [9.17, 15) is 13.2 Å². The van der Waals surface area contributed by atoms with Crippen LogP contribution in [0.3, 0.4) is 0 Å². The molecule has 1 unspecified atom stereocenters.